The third-order valence-corrected chi connectivity index (χ3v) is 6.52. The van der Waals surface area contributed by atoms with Gasteiger partial charge in [-0.25, -0.2) is 0 Å². The molecule has 0 saturated carbocycles. The Labute approximate surface area is 180 Å². The molecule has 0 saturated heterocycles. The number of benzene rings is 2. The van der Waals surface area contributed by atoms with Gasteiger partial charge in [0.2, 0.25) is 5.91 Å². The predicted molar refractivity (Wildman–Crippen MR) is 124 cm³/mol. The summed E-state index contributed by atoms with van der Waals surface area (Å²) in [6, 6.07) is 14.7. The van der Waals surface area contributed by atoms with Crippen molar-refractivity contribution in [3.05, 3.63) is 70.8 Å². The maximum Gasteiger partial charge on any atom is 0.223 e. The first-order valence-electron chi connectivity index (χ1n) is 11.2. The SMILES string of the molecule is Cc1cccc(C2=CCN(CCCCCC(=O)N3Cc4ccccc4C3)CC2)c1N. The molecule has 0 atom stereocenters. The third-order valence-electron chi connectivity index (χ3n) is 6.52. The molecule has 158 valence electrons. The highest BCUT2D eigenvalue weighted by atomic mass is 16.2. The van der Waals surface area contributed by atoms with Crippen LogP contribution in [-0.2, 0) is 17.9 Å². The van der Waals surface area contributed by atoms with Crippen LogP contribution in [0.3, 0.4) is 0 Å². The molecule has 0 aliphatic carbocycles. The van der Waals surface area contributed by atoms with Gasteiger partial charge in [0.25, 0.3) is 0 Å². The zero-order valence-corrected chi connectivity index (χ0v) is 18.1. The Hall–Kier alpha value is -2.59. The summed E-state index contributed by atoms with van der Waals surface area (Å²) < 4.78 is 0. The van der Waals surface area contributed by atoms with Crippen LogP contribution >= 0.6 is 0 Å². The normalized spacial score (nSPS) is 16.4. The van der Waals surface area contributed by atoms with E-state index < -0.39 is 0 Å². The second-order valence-electron chi connectivity index (χ2n) is 8.65. The van der Waals surface area contributed by atoms with E-state index in [2.05, 4.69) is 60.4 Å². The van der Waals surface area contributed by atoms with Crippen molar-refractivity contribution in [2.75, 3.05) is 25.4 Å². The summed E-state index contributed by atoms with van der Waals surface area (Å²) in [5.74, 6) is 0.299. The van der Waals surface area contributed by atoms with Crippen LogP contribution in [0.2, 0.25) is 0 Å². The molecule has 4 rings (SSSR count). The first kappa shape index (κ1) is 20.7. The number of aryl methyl sites for hydroxylation is 1. The molecule has 2 aliphatic heterocycles. The minimum absolute atomic E-state index is 0.299. The molecule has 30 heavy (non-hydrogen) atoms. The number of hydrogen-bond donors (Lipinski definition) is 1. The summed E-state index contributed by atoms with van der Waals surface area (Å²) in [6.45, 7) is 6.82. The zero-order chi connectivity index (χ0) is 20.9. The predicted octanol–water partition coefficient (Wildman–Crippen LogP) is 4.77. The second kappa shape index (κ2) is 9.48. The van der Waals surface area contributed by atoms with Gasteiger partial charge in [-0.1, -0.05) is 55.0 Å². The number of nitrogens with two attached hydrogens (primary N) is 1. The summed E-state index contributed by atoms with van der Waals surface area (Å²) in [5, 5.41) is 0. The van der Waals surface area contributed by atoms with Crippen molar-refractivity contribution in [3.63, 3.8) is 0 Å². The van der Waals surface area contributed by atoms with Crippen molar-refractivity contribution < 1.29 is 4.79 Å². The Bertz CT molecular complexity index is 909. The molecule has 1 amide bonds. The minimum Gasteiger partial charge on any atom is -0.398 e. The van der Waals surface area contributed by atoms with Gasteiger partial charge in [0.1, 0.15) is 0 Å². The van der Waals surface area contributed by atoms with E-state index in [0.717, 1.165) is 69.7 Å². The fourth-order valence-corrected chi connectivity index (χ4v) is 4.58. The molecule has 4 nitrogen and oxygen atoms in total. The Morgan fingerprint density at radius 3 is 2.47 bits per heavy atom. The van der Waals surface area contributed by atoms with Crippen molar-refractivity contribution in [2.45, 2.75) is 52.1 Å². The molecule has 2 heterocycles. The first-order chi connectivity index (χ1) is 14.6. The number of rotatable bonds is 7. The van der Waals surface area contributed by atoms with Crippen LogP contribution < -0.4 is 5.73 Å². The highest BCUT2D eigenvalue weighted by molar-refractivity contribution is 5.77. The standard InChI is InChI=1S/C26H33N3O/c1-20-8-7-11-24(26(20)27)21-13-16-28(17-14-21)15-6-2-3-12-25(30)29-18-22-9-4-5-10-23(22)19-29/h4-5,7-11,13H,2-3,6,12,14-19,27H2,1H3. The molecule has 2 aliphatic rings. The molecule has 2 N–H and O–H groups in total. The molecule has 0 bridgehead atoms. The minimum atomic E-state index is 0.299. The summed E-state index contributed by atoms with van der Waals surface area (Å²) in [6.07, 6.45) is 7.32. The van der Waals surface area contributed by atoms with Crippen molar-refractivity contribution in [2.24, 2.45) is 0 Å². The smallest absolute Gasteiger partial charge is 0.223 e. The van der Waals surface area contributed by atoms with Gasteiger partial charge >= 0.3 is 0 Å². The van der Waals surface area contributed by atoms with Crippen LogP contribution in [0.25, 0.3) is 5.57 Å². The molecule has 2 aromatic carbocycles. The molecule has 0 unspecified atom stereocenters. The number of nitrogens with zero attached hydrogens (tertiary/aromatic N) is 2. The van der Waals surface area contributed by atoms with E-state index in [0.29, 0.717) is 12.3 Å². The van der Waals surface area contributed by atoms with Crippen molar-refractivity contribution in [1.82, 2.24) is 9.80 Å². The molecule has 2 aromatic rings. The number of nitrogen functional groups attached to an aromatic ring is 1. The van der Waals surface area contributed by atoms with Crippen LogP contribution in [-0.4, -0.2) is 35.3 Å². The third kappa shape index (κ3) is 4.76. The number of hydrogen-bond acceptors (Lipinski definition) is 3. The quantitative estimate of drug-likeness (QED) is 0.535. The maximum absolute atomic E-state index is 12.5. The average Bonchev–Trinajstić information content (AvgIpc) is 3.20. The van der Waals surface area contributed by atoms with Gasteiger partial charge in [-0.05, 0) is 55.0 Å². The Kier molecular flexibility index (Phi) is 6.53. The lowest BCUT2D eigenvalue weighted by molar-refractivity contribution is -0.131. The van der Waals surface area contributed by atoms with Crippen molar-refractivity contribution in [3.8, 4) is 0 Å². The Balaban J connectivity index is 1.15. The van der Waals surface area contributed by atoms with E-state index in [9.17, 15) is 4.79 Å². The molecule has 0 radical (unpaired) electrons. The Morgan fingerprint density at radius 1 is 1.00 bits per heavy atom. The summed E-state index contributed by atoms with van der Waals surface area (Å²) in [7, 11) is 0. The van der Waals surface area contributed by atoms with Crippen LogP contribution in [0.1, 0.15) is 54.4 Å². The summed E-state index contributed by atoms with van der Waals surface area (Å²) >= 11 is 0. The van der Waals surface area contributed by atoms with Gasteiger partial charge in [-0.2, -0.15) is 0 Å². The van der Waals surface area contributed by atoms with E-state index >= 15 is 0 Å². The van der Waals surface area contributed by atoms with E-state index in [-0.39, 0.29) is 0 Å². The fourth-order valence-electron chi connectivity index (χ4n) is 4.58. The monoisotopic (exact) mass is 403 g/mol. The van der Waals surface area contributed by atoms with E-state index in [4.69, 9.17) is 5.73 Å². The number of anilines is 1. The maximum atomic E-state index is 12.5. The zero-order valence-electron chi connectivity index (χ0n) is 18.1. The number of fused-ring (bicyclic) bond motifs is 1. The molecular formula is C26H33N3O. The number of unbranched alkanes of at least 4 members (excludes halogenated alkanes) is 2. The van der Waals surface area contributed by atoms with E-state index in [1.165, 1.54) is 22.3 Å². The lowest BCUT2D eigenvalue weighted by Gasteiger charge is -2.27. The number of carbonyl (C=O) groups is 1. The topological polar surface area (TPSA) is 49.6 Å². The highest BCUT2D eigenvalue weighted by Gasteiger charge is 2.22. The van der Waals surface area contributed by atoms with Crippen LogP contribution in [0.4, 0.5) is 5.69 Å². The van der Waals surface area contributed by atoms with Gasteiger partial charge in [-0.15, -0.1) is 0 Å². The van der Waals surface area contributed by atoms with Gasteiger partial charge in [0.15, 0.2) is 0 Å². The number of carbonyl (C=O) groups excluding carboxylic acids is 1. The summed E-state index contributed by atoms with van der Waals surface area (Å²) in [5.41, 5.74) is 13.5. The van der Waals surface area contributed by atoms with Crippen LogP contribution in [0, 0.1) is 6.92 Å². The number of para-hydroxylation sites is 1. The lowest BCUT2D eigenvalue weighted by Crippen LogP contribution is -2.29. The van der Waals surface area contributed by atoms with Gasteiger partial charge in [0, 0.05) is 43.9 Å². The van der Waals surface area contributed by atoms with Crippen molar-refractivity contribution >= 4 is 17.2 Å². The Morgan fingerprint density at radius 2 is 1.77 bits per heavy atom. The van der Waals surface area contributed by atoms with Crippen molar-refractivity contribution in [1.29, 1.82) is 0 Å². The van der Waals surface area contributed by atoms with Gasteiger partial charge in [-0.3, -0.25) is 9.69 Å². The largest absolute Gasteiger partial charge is 0.398 e. The molecule has 0 spiro atoms. The molecular weight excluding hydrogens is 370 g/mol. The molecule has 0 aromatic heterocycles. The summed E-state index contributed by atoms with van der Waals surface area (Å²) in [4.78, 5) is 17.0. The van der Waals surface area contributed by atoms with Crippen LogP contribution in [0.5, 0.6) is 0 Å². The van der Waals surface area contributed by atoms with E-state index in [1.807, 2.05) is 4.90 Å². The van der Waals surface area contributed by atoms with E-state index in [1.54, 1.807) is 0 Å². The average molecular weight is 404 g/mol. The number of amides is 1. The van der Waals surface area contributed by atoms with Crippen LogP contribution in [0.15, 0.2) is 48.5 Å². The first-order valence-corrected chi connectivity index (χ1v) is 11.2. The van der Waals surface area contributed by atoms with Gasteiger partial charge < -0.3 is 10.6 Å². The second-order valence-corrected chi connectivity index (χ2v) is 8.65. The van der Waals surface area contributed by atoms with Gasteiger partial charge in [0.05, 0.1) is 0 Å². The molecule has 4 heteroatoms. The fraction of sp³-hybridized carbons (Fsp3) is 0.423. The highest BCUT2D eigenvalue weighted by Crippen LogP contribution is 2.29. The lowest BCUT2D eigenvalue weighted by atomic mass is 9.96. The molecule has 0 fully saturated rings.